The molecule has 0 spiro atoms. The van der Waals surface area contributed by atoms with Crippen LogP contribution in [-0.4, -0.2) is 27.1 Å². The first-order valence-corrected chi connectivity index (χ1v) is 12.1. The molecule has 4 rings (SSSR count). The fourth-order valence-corrected chi connectivity index (χ4v) is 4.96. The number of methoxy groups -OCH3 is 1. The van der Waals surface area contributed by atoms with Crippen LogP contribution >= 0.6 is 0 Å². The van der Waals surface area contributed by atoms with Gasteiger partial charge in [0.25, 0.3) is 0 Å². The highest BCUT2D eigenvalue weighted by Gasteiger charge is 2.24. The lowest BCUT2D eigenvalue weighted by Gasteiger charge is -2.16. The number of anilines is 1. The van der Waals surface area contributed by atoms with E-state index in [1.165, 1.54) is 6.20 Å². The number of ether oxygens (including phenoxy) is 2. The number of sulfone groups is 1. The second kappa shape index (κ2) is 9.50. The molecule has 0 saturated heterocycles. The standard InChI is InChI=1S/C26H26N2O4S/c1-4-32-21-11-14-24-23(15-21)26(28-16-19-7-5-18(2)6-8-19)25(17-27-24)33(29,30)22-12-9-20(31-3)10-13-22/h5-15,17H,4,16H2,1-3H3,(H,27,28). The molecule has 6 nitrogen and oxygen atoms in total. The van der Waals surface area contributed by atoms with Crippen LogP contribution in [0.25, 0.3) is 10.9 Å². The maximum absolute atomic E-state index is 13.6. The second-order valence-electron chi connectivity index (χ2n) is 7.63. The van der Waals surface area contributed by atoms with E-state index < -0.39 is 9.84 Å². The summed E-state index contributed by atoms with van der Waals surface area (Å²) in [6.07, 6.45) is 1.42. The third-order valence-electron chi connectivity index (χ3n) is 5.36. The van der Waals surface area contributed by atoms with Crippen molar-refractivity contribution in [1.82, 2.24) is 4.98 Å². The van der Waals surface area contributed by atoms with Gasteiger partial charge in [-0.05, 0) is 61.9 Å². The van der Waals surface area contributed by atoms with E-state index in [0.29, 0.717) is 41.2 Å². The summed E-state index contributed by atoms with van der Waals surface area (Å²) >= 11 is 0. The van der Waals surface area contributed by atoms with Crippen molar-refractivity contribution in [2.24, 2.45) is 0 Å². The van der Waals surface area contributed by atoms with E-state index in [-0.39, 0.29) is 9.79 Å². The Labute approximate surface area is 194 Å². The third-order valence-corrected chi connectivity index (χ3v) is 7.15. The average molecular weight is 463 g/mol. The zero-order chi connectivity index (χ0) is 23.4. The number of pyridine rings is 1. The largest absolute Gasteiger partial charge is 0.497 e. The van der Waals surface area contributed by atoms with Crippen molar-refractivity contribution in [3.8, 4) is 11.5 Å². The molecule has 1 N–H and O–H groups in total. The average Bonchev–Trinajstić information content (AvgIpc) is 2.83. The highest BCUT2D eigenvalue weighted by Crippen LogP contribution is 2.35. The molecule has 170 valence electrons. The number of hydrogen-bond donors (Lipinski definition) is 1. The topological polar surface area (TPSA) is 77.5 Å². The summed E-state index contributed by atoms with van der Waals surface area (Å²) in [7, 11) is -2.30. The number of aromatic nitrogens is 1. The molecule has 0 aliphatic carbocycles. The van der Waals surface area contributed by atoms with E-state index in [1.807, 2.05) is 56.3 Å². The Morgan fingerprint density at radius 2 is 1.64 bits per heavy atom. The summed E-state index contributed by atoms with van der Waals surface area (Å²) in [6.45, 7) is 4.91. The molecular formula is C26H26N2O4S. The predicted octanol–water partition coefficient (Wildman–Crippen LogP) is 5.40. The van der Waals surface area contributed by atoms with Gasteiger partial charge in [-0.25, -0.2) is 8.42 Å². The third kappa shape index (κ3) is 4.78. The van der Waals surface area contributed by atoms with Crippen LogP contribution in [-0.2, 0) is 16.4 Å². The van der Waals surface area contributed by atoms with Crippen LogP contribution < -0.4 is 14.8 Å². The molecule has 0 atom stereocenters. The Morgan fingerprint density at radius 3 is 2.30 bits per heavy atom. The summed E-state index contributed by atoms with van der Waals surface area (Å²) in [5, 5.41) is 4.04. The summed E-state index contributed by atoms with van der Waals surface area (Å²) in [5.41, 5.74) is 3.38. The Balaban J connectivity index is 1.84. The van der Waals surface area contributed by atoms with Gasteiger partial charge in [-0.1, -0.05) is 29.8 Å². The molecule has 3 aromatic carbocycles. The van der Waals surface area contributed by atoms with E-state index in [4.69, 9.17) is 9.47 Å². The van der Waals surface area contributed by atoms with E-state index in [9.17, 15) is 8.42 Å². The van der Waals surface area contributed by atoms with Gasteiger partial charge in [-0.15, -0.1) is 0 Å². The van der Waals surface area contributed by atoms with Crippen molar-refractivity contribution in [1.29, 1.82) is 0 Å². The first-order valence-electron chi connectivity index (χ1n) is 10.7. The van der Waals surface area contributed by atoms with Gasteiger partial charge in [0.1, 0.15) is 16.4 Å². The molecule has 0 fully saturated rings. The minimum absolute atomic E-state index is 0.112. The van der Waals surface area contributed by atoms with Crippen LogP contribution in [0.15, 0.2) is 82.7 Å². The van der Waals surface area contributed by atoms with Gasteiger partial charge in [-0.2, -0.15) is 0 Å². The molecule has 7 heteroatoms. The van der Waals surface area contributed by atoms with E-state index in [1.54, 1.807) is 31.4 Å². The van der Waals surface area contributed by atoms with E-state index in [0.717, 1.165) is 11.1 Å². The lowest BCUT2D eigenvalue weighted by Crippen LogP contribution is -2.10. The summed E-state index contributed by atoms with van der Waals surface area (Å²) < 4.78 is 38.1. The quantitative estimate of drug-likeness (QED) is 0.378. The maximum atomic E-state index is 13.6. The molecule has 0 bridgehead atoms. The number of hydrogen-bond acceptors (Lipinski definition) is 6. The van der Waals surface area contributed by atoms with Gasteiger partial charge in [0.05, 0.1) is 29.8 Å². The Bertz CT molecular complexity index is 1370. The van der Waals surface area contributed by atoms with E-state index >= 15 is 0 Å². The molecule has 0 saturated carbocycles. The van der Waals surface area contributed by atoms with Gasteiger partial charge in [0.15, 0.2) is 0 Å². The normalized spacial score (nSPS) is 11.4. The number of aryl methyl sites for hydroxylation is 1. The molecule has 0 radical (unpaired) electrons. The minimum Gasteiger partial charge on any atom is -0.497 e. The van der Waals surface area contributed by atoms with Gasteiger partial charge >= 0.3 is 0 Å². The number of rotatable bonds is 8. The predicted molar refractivity (Wildman–Crippen MR) is 130 cm³/mol. The summed E-state index contributed by atoms with van der Waals surface area (Å²) in [5.74, 6) is 1.24. The van der Waals surface area contributed by atoms with Crippen molar-refractivity contribution in [2.75, 3.05) is 19.0 Å². The van der Waals surface area contributed by atoms with Crippen LogP contribution in [0.5, 0.6) is 11.5 Å². The second-order valence-corrected chi connectivity index (χ2v) is 9.55. The molecule has 0 aliphatic rings. The molecule has 0 unspecified atom stereocenters. The molecule has 0 aliphatic heterocycles. The fraction of sp³-hybridized carbons (Fsp3) is 0.192. The molecule has 1 aromatic heterocycles. The summed E-state index contributed by atoms with van der Waals surface area (Å²) in [6, 6.07) is 20.0. The number of nitrogens with zero attached hydrogens (tertiary/aromatic N) is 1. The maximum Gasteiger partial charge on any atom is 0.210 e. The Kier molecular flexibility index (Phi) is 6.51. The van der Waals surface area contributed by atoms with Crippen molar-refractivity contribution in [3.05, 3.63) is 84.1 Å². The number of benzene rings is 3. The Morgan fingerprint density at radius 1 is 0.939 bits per heavy atom. The van der Waals surface area contributed by atoms with Crippen LogP contribution in [0.2, 0.25) is 0 Å². The highest BCUT2D eigenvalue weighted by atomic mass is 32.2. The molecule has 1 heterocycles. The molecular weight excluding hydrogens is 436 g/mol. The zero-order valence-corrected chi connectivity index (χ0v) is 19.6. The Hall–Kier alpha value is -3.58. The van der Waals surface area contributed by atoms with Crippen molar-refractivity contribution in [3.63, 3.8) is 0 Å². The fourth-order valence-electron chi connectivity index (χ4n) is 3.57. The summed E-state index contributed by atoms with van der Waals surface area (Å²) in [4.78, 5) is 4.72. The van der Waals surface area contributed by atoms with Gasteiger partial charge in [0, 0.05) is 18.1 Å². The lowest BCUT2D eigenvalue weighted by atomic mass is 10.1. The van der Waals surface area contributed by atoms with Crippen molar-refractivity contribution < 1.29 is 17.9 Å². The van der Waals surface area contributed by atoms with Crippen LogP contribution in [0.3, 0.4) is 0 Å². The van der Waals surface area contributed by atoms with Crippen LogP contribution in [0.4, 0.5) is 5.69 Å². The van der Waals surface area contributed by atoms with Crippen molar-refractivity contribution >= 4 is 26.4 Å². The minimum atomic E-state index is -3.84. The molecule has 4 aromatic rings. The van der Waals surface area contributed by atoms with Gasteiger partial charge < -0.3 is 14.8 Å². The first kappa shape index (κ1) is 22.6. The van der Waals surface area contributed by atoms with Gasteiger partial charge in [0.2, 0.25) is 9.84 Å². The van der Waals surface area contributed by atoms with Crippen LogP contribution in [0.1, 0.15) is 18.1 Å². The lowest BCUT2D eigenvalue weighted by molar-refractivity contribution is 0.340. The number of nitrogens with one attached hydrogen (secondary N) is 1. The highest BCUT2D eigenvalue weighted by molar-refractivity contribution is 7.91. The number of fused-ring (bicyclic) bond motifs is 1. The smallest absolute Gasteiger partial charge is 0.210 e. The van der Waals surface area contributed by atoms with Crippen molar-refractivity contribution in [2.45, 2.75) is 30.2 Å². The first-order chi connectivity index (χ1) is 15.9. The zero-order valence-electron chi connectivity index (χ0n) is 18.8. The SMILES string of the molecule is CCOc1ccc2ncc(S(=O)(=O)c3ccc(OC)cc3)c(NCc3ccc(C)cc3)c2c1. The monoisotopic (exact) mass is 462 g/mol. The molecule has 33 heavy (non-hydrogen) atoms. The van der Waals surface area contributed by atoms with Gasteiger partial charge in [-0.3, -0.25) is 4.98 Å². The van der Waals surface area contributed by atoms with Crippen LogP contribution in [0, 0.1) is 6.92 Å². The van der Waals surface area contributed by atoms with E-state index in [2.05, 4.69) is 10.3 Å². The molecule has 0 amide bonds.